The van der Waals surface area contributed by atoms with Crippen LogP contribution in [0, 0.1) is 0 Å². The van der Waals surface area contributed by atoms with Crippen molar-refractivity contribution in [3.05, 3.63) is 259 Å². The number of nitrogens with zero attached hydrogens (tertiary/aromatic N) is 1. The zero-order chi connectivity index (χ0) is 40.3. The number of hydrogen-bond acceptors (Lipinski definition) is 2. The molecule has 0 saturated carbocycles. The number of para-hydroxylation sites is 1. The smallest absolute Gasteiger partial charge is 0.136 e. The predicted molar refractivity (Wildman–Crippen MR) is 254 cm³/mol. The zero-order valence-corrected chi connectivity index (χ0v) is 33.4. The first-order valence-electron chi connectivity index (χ1n) is 21.0. The van der Waals surface area contributed by atoms with E-state index in [2.05, 4.69) is 235 Å². The lowest BCUT2D eigenvalue weighted by atomic mass is 9.67. The van der Waals surface area contributed by atoms with Crippen LogP contribution in [-0.4, -0.2) is 0 Å². The number of furan rings is 1. The van der Waals surface area contributed by atoms with Crippen LogP contribution in [0.3, 0.4) is 0 Å². The molecule has 2 nitrogen and oxygen atoms in total. The molecule has 61 heavy (non-hydrogen) atoms. The molecular weight excluding hydrogens is 739 g/mol. The third-order valence-corrected chi connectivity index (χ3v) is 12.7. The largest absolute Gasteiger partial charge is 0.456 e. The van der Waals surface area contributed by atoms with Gasteiger partial charge in [0.05, 0.1) is 5.41 Å². The summed E-state index contributed by atoms with van der Waals surface area (Å²) in [5, 5.41) is 4.58. The molecule has 1 aromatic heterocycles. The Kier molecular flexibility index (Phi) is 8.11. The van der Waals surface area contributed by atoms with Gasteiger partial charge in [-0.25, -0.2) is 0 Å². The average Bonchev–Trinajstić information content (AvgIpc) is 3.86. The summed E-state index contributed by atoms with van der Waals surface area (Å²) in [6.07, 6.45) is 0. The Hall–Kier alpha value is -7.94. The summed E-state index contributed by atoms with van der Waals surface area (Å²) in [5.74, 6) is 0. The minimum Gasteiger partial charge on any atom is -0.456 e. The fourth-order valence-corrected chi connectivity index (χ4v) is 10.1. The molecule has 10 aromatic carbocycles. The highest BCUT2D eigenvalue weighted by atomic mass is 16.3. The van der Waals surface area contributed by atoms with Gasteiger partial charge in [-0.1, -0.05) is 188 Å². The molecule has 11 aromatic rings. The Labute approximate surface area is 355 Å². The van der Waals surface area contributed by atoms with Gasteiger partial charge in [0.25, 0.3) is 0 Å². The Balaban J connectivity index is 1.14. The summed E-state index contributed by atoms with van der Waals surface area (Å²) in [6, 6.07) is 86.0. The van der Waals surface area contributed by atoms with Crippen molar-refractivity contribution in [1.82, 2.24) is 0 Å². The molecule has 2 heteroatoms. The monoisotopic (exact) mass is 777 g/mol. The molecular formula is C59H39NO. The molecule has 0 amide bonds. The van der Waals surface area contributed by atoms with Crippen molar-refractivity contribution in [2.24, 2.45) is 0 Å². The van der Waals surface area contributed by atoms with Gasteiger partial charge in [0, 0.05) is 27.8 Å². The summed E-state index contributed by atoms with van der Waals surface area (Å²) < 4.78 is 6.62. The molecule has 0 radical (unpaired) electrons. The van der Waals surface area contributed by atoms with E-state index in [0.717, 1.165) is 55.5 Å². The van der Waals surface area contributed by atoms with Crippen LogP contribution in [0.5, 0.6) is 0 Å². The highest BCUT2D eigenvalue weighted by Crippen LogP contribution is 2.57. The van der Waals surface area contributed by atoms with Gasteiger partial charge in [-0.2, -0.15) is 0 Å². The van der Waals surface area contributed by atoms with Crippen molar-refractivity contribution >= 4 is 49.8 Å². The molecule has 0 fully saturated rings. The summed E-state index contributed by atoms with van der Waals surface area (Å²) in [6.45, 7) is 0. The third kappa shape index (κ3) is 5.50. The lowest BCUT2D eigenvalue weighted by molar-refractivity contribution is 0.669. The fraction of sp³-hybridized carbons (Fsp3) is 0.0169. The maximum Gasteiger partial charge on any atom is 0.136 e. The second-order valence-corrected chi connectivity index (χ2v) is 16.0. The molecule has 0 bridgehead atoms. The van der Waals surface area contributed by atoms with Crippen molar-refractivity contribution in [2.75, 3.05) is 4.90 Å². The van der Waals surface area contributed by atoms with Crippen molar-refractivity contribution in [1.29, 1.82) is 0 Å². The summed E-state index contributed by atoms with van der Waals surface area (Å²) >= 11 is 0. The number of fused-ring (bicyclic) bond motifs is 8. The van der Waals surface area contributed by atoms with Crippen LogP contribution in [0.25, 0.3) is 66.1 Å². The standard InChI is InChI=1S/C59H39NO/c1-5-17-40(18-6-1)41-29-31-45(32-30-41)60(46-33-35-48-52(42-19-7-2-8-20-42)39-57-58(53(48)37-46)51-26-14-16-28-56(51)61-57)47-34-36-50-49-25-13-15-27-54(49)59(55(50)38-47,43-21-9-3-10-22-43)44-23-11-4-12-24-44/h1-39H. The number of anilines is 3. The van der Waals surface area contributed by atoms with E-state index in [4.69, 9.17) is 4.42 Å². The van der Waals surface area contributed by atoms with Crippen molar-refractivity contribution in [3.8, 4) is 33.4 Å². The minimum atomic E-state index is -0.525. The highest BCUT2D eigenvalue weighted by Gasteiger charge is 2.46. The Morgan fingerprint density at radius 2 is 0.852 bits per heavy atom. The Morgan fingerprint density at radius 1 is 0.311 bits per heavy atom. The van der Waals surface area contributed by atoms with Gasteiger partial charge in [-0.05, 0) is 115 Å². The molecule has 0 spiro atoms. The molecule has 12 rings (SSSR count). The van der Waals surface area contributed by atoms with E-state index in [1.807, 2.05) is 6.07 Å². The lowest BCUT2D eigenvalue weighted by Crippen LogP contribution is -2.28. The Morgan fingerprint density at radius 3 is 1.57 bits per heavy atom. The number of hydrogen-bond donors (Lipinski definition) is 0. The third-order valence-electron chi connectivity index (χ3n) is 12.7. The van der Waals surface area contributed by atoms with E-state index >= 15 is 0 Å². The van der Waals surface area contributed by atoms with E-state index in [1.165, 1.54) is 49.9 Å². The minimum absolute atomic E-state index is 0.525. The zero-order valence-electron chi connectivity index (χ0n) is 33.4. The van der Waals surface area contributed by atoms with Gasteiger partial charge in [0.2, 0.25) is 0 Å². The molecule has 0 unspecified atom stereocenters. The van der Waals surface area contributed by atoms with E-state index in [9.17, 15) is 0 Å². The first-order chi connectivity index (χ1) is 30.3. The van der Waals surface area contributed by atoms with Crippen LogP contribution in [0.2, 0.25) is 0 Å². The first kappa shape index (κ1) is 35.0. The highest BCUT2D eigenvalue weighted by molar-refractivity contribution is 6.22. The van der Waals surface area contributed by atoms with Gasteiger partial charge in [-0.3, -0.25) is 0 Å². The molecule has 286 valence electrons. The Bertz CT molecular complexity index is 3350. The molecule has 0 atom stereocenters. The molecule has 0 N–H and O–H groups in total. The van der Waals surface area contributed by atoms with Crippen LogP contribution < -0.4 is 4.90 Å². The topological polar surface area (TPSA) is 16.4 Å². The van der Waals surface area contributed by atoms with Gasteiger partial charge in [0.1, 0.15) is 11.2 Å². The molecule has 1 heterocycles. The average molecular weight is 778 g/mol. The predicted octanol–water partition coefficient (Wildman–Crippen LogP) is 15.9. The van der Waals surface area contributed by atoms with Gasteiger partial charge in [-0.15, -0.1) is 0 Å². The first-order valence-corrected chi connectivity index (χ1v) is 21.0. The summed E-state index contributed by atoms with van der Waals surface area (Å²) in [4.78, 5) is 2.43. The second kappa shape index (κ2) is 14.1. The maximum atomic E-state index is 6.62. The van der Waals surface area contributed by atoms with Crippen LogP contribution in [0.4, 0.5) is 17.1 Å². The summed E-state index contributed by atoms with van der Waals surface area (Å²) in [5.41, 5.74) is 16.7. The number of benzene rings is 10. The van der Waals surface area contributed by atoms with Crippen molar-refractivity contribution in [3.63, 3.8) is 0 Å². The normalized spacial score (nSPS) is 12.7. The van der Waals surface area contributed by atoms with E-state index in [-0.39, 0.29) is 0 Å². The van der Waals surface area contributed by atoms with Crippen molar-refractivity contribution in [2.45, 2.75) is 5.41 Å². The second-order valence-electron chi connectivity index (χ2n) is 16.0. The van der Waals surface area contributed by atoms with Crippen LogP contribution >= 0.6 is 0 Å². The molecule has 1 aliphatic carbocycles. The molecule has 0 saturated heterocycles. The van der Waals surface area contributed by atoms with Gasteiger partial charge in [0.15, 0.2) is 0 Å². The number of rotatable bonds is 7. The SMILES string of the molecule is c1ccc(-c2ccc(N(c3ccc4c(c3)C(c3ccccc3)(c3ccccc3)c3ccccc3-4)c3ccc4c(-c5ccccc5)cc5oc6ccccc6c5c4c3)cc2)cc1. The van der Waals surface area contributed by atoms with E-state index in [1.54, 1.807) is 0 Å². The lowest BCUT2D eigenvalue weighted by Gasteiger charge is -2.35. The van der Waals surface area contributed by atoms with Gasteiger partial charge >= 0.3 is 0 Å². The molecule has 1 aliphatic rings. The van der Waals surface area contributed by atoms with E-state index in [0.29, 0.717) is 0 Å². The maximum absolute atomic E-state index is 6.62. The quantitative estimate of drug-likeness (QED) is 0.160. The summed E-state index contributed by atoms with van der Waals surface area (Å²) in [7, 11) is 0. The van der Waals surface area contributed by atoms with E-state index < -0.39 is 5.41 Å². The van der Waals surface area contributed by atoms with Crippen LogP contribution in [-0.2, 0) is 5.41 Å². The van der Waals surface area contributed by atoms with Crippen LogP contribution in [0.1, 0.15) is 22.3 Å². The molecule has 0 aliphatic heterocycles. The van der Waals surface area contributed by atoms with Gasteiger partial charge < -0.3 is 9.32 Å². The van der Waals surface area contributed by atoms with Crippen LogP contribution in [0.15, 0.2) is 241 Å². The fourth-order valence-electron chi connectivity index (χ4n) is 10.1. The van der Waals surface area contributed by atoms with Crippen molar-refractivity contribution < 1.29 is 4.42 Å².